The molecule has 2 heterocycles. The van der Waals surface area contributed by atoms with E-state index in [0.29, 0.717) is 5.92 Å². The van der Waals surface area contributed by atoms with Crippen molar-refractivity contribution in [2.75, 3.05) is 0 Å². The summed E-state index contributed by atoms with van der Waals surface area (Å²) in [5.74, 6) is 2.64. The second-order valence-electron chi connectivity index (χ2n) is 5.79. The predicted molar refractivity (Wildman–Crippen MR) is 77.5 cm³/mol. The normalized spacial score (nSPS) is 19.8. The Kier molecular flexibility index (Phi) is 2.91. The average molecular weight is 273 g/mol. The molecule has 0 aromatic carbocycles. The fourth-order valence-electron chi connectivity index (χ4n) is 3.38. The van der Waals surface area contributed by atoms with Gasteiger partial charge in [0.2, 0.25) is 0 Å². The Balaban J connectivity index is 1.59. The molecule has 2 aromatic heterocycles. The van der Waals surface area contributed by atoms with Crippen molar-refractivity contribution in [3.63, 3.8) is 0 Å². The summed E-state index contributed by atoms with van der Waals surface area (Å²) in [7, 11) is 0. The molecule has 1 saturated carbocycles. The Bertz CT molecular complexity index is 556. The van der Waals surface area contributed by atoms with E-state index in [4.69, 9.17) is 4.98 Å². The van der Waals surface area contributed by atoms with Crippen molar-refractivity contribution < 1.29 is 0 Å². The maximum absolute atomic E-state index is 4.76. The van der Waals surface area contributed by atoms with Gasteiger partial charge in [0.1, 0.15) is 5.82 Å². The van der Waals surface area contributed by atoms with E-state index in [1.807, 2.05) is 11.3 Å². The van der Waals surface area contributed by atoms with Gasteiger partial charge in [0, 0.05) is 10.8 Å². The number of hydrogen-bond acceptors (Lipinski definition) is 3. The molecule has 4 rings (SSSR count). The third kappa shape index (κ3) is 2.12. The number of thiophene rings is 1. The number of aromatic nitrogens is 3. The Morgan fingerprint density at radius 2 is 2.00 bits per heavy atom. The van der Waals surface area contributed by atoms with E-state index in [1.54, 1.807) is 4.88 Å². The lowest BCUT2D eigenvalue weighted by Gasteiger charge is -2.18. The molecule has 2 aliphatic carbocycles. The van der Waals surface area contributed by atoms with Crippen molar-refractivity contribution in [1.29, 1.82) is 0 Å². The highest BCUT2D eigenvalue weighted by Gasteiger charge is 2.21. The van der Waals surface area contributed by atoms with Crippen LogP contribution in [0.25, 0.3) is 10.7 Å². The maximum Gasteiger partial charge on any atom is 0.191 e. The first-order valence-electron chi connectivity index (χ1n) is 7.44. The summed E-state index contributed by atoms with van der Waals surface area (Å²) in [5, 5.41) is 7.63. The van der Waals surface area contributed by atoms with Crippen LogP contribution in [0, 0.1) is 0 Å². The van der Waals surface area contributed by atoms with Crippen molar-refractivity contribution in [3.05, 3.63) is 22.3 Å². The number of nitrogens with zero attached hydrogens (tertiary/aromatic N) is 2. The number of fused-ring (bicyclic) bond motifs is 1. The molecule has 100 valence electrons. The zero-order valence-corrected chi connectivity index (χ0v) is 11.9. The molecule has 0 saturated heterocycles. The van der Waals surface area contributed by atoms with Gasteiger partial charge >= 0.3 is 0 Å². The molecular formula is C15H19N3S. The van der Waals surface area contributed by atoms with Gasteiger partial charge in [-0.05, 0) is 43.7 Å². The van der Waals surface area contributed by atoms with Crippen molar-refractivity contribution >= 4 is 11.3 Å². The Hall–Kier alpha value is -1.16. The van der Waals surface area contributed by atoms with Crippen LogP contribution in [0.1, 0.15) is 60.7 Å². The molecule has 19 heavy (non-hydrogen) atoms. The molecule has 1 fully saturated rings. The highest BCUT2D eigenvalue weighted by molar-refractivity contribution is 7.15. The largest absolute Gasteiger partial charge is 0.262 e. The number of aryl methyl sites for hydroxylation is 2. The smallest absolute Gasteiger partial charge is 0.191 e. The second kappa shape index (κ2) is 4.75. The number of rotatable bonds is 2. The highest BCUT2D eigenvalue weighted by Crippen LogP contribution is 2.36. The third-order valence-electron chi connectivity index (χ3n) is 4.46. The summed E-state index contributed by atoms with van der Waals surface area (Å²) >= 11 is 1.89. The maximum atomic E-state index is 4.76. The molecule has 3 nitrogen and oxygen atoms in total. The second-order valence-corrected chi connectivity index (χ2v) is 6.93. The van der Waals surface area contributed by atoms with Crippen LogP contribution in [0.15, 0.2) is 6.07 Å². The van der Waals surface area contributed by atoms with Gasteiger partial charge in [-0.1, -0.05) is 19.3 Å². The quantitative estimate of drug-likeness (QED) is 0.896. The third-order valence-corrected chi connectivity index (χ3v) is 5.69. The van der Waals surface area contributed by atoms with Gasteiger partial charge in [-0.25, -0.2) is 4.98 Å². The number of aromatic amines is 1. The molecule has 0 aliphatic heterocycles. The van der Waals surface area contributed by atoms with Crippen LogP contribution >= 0.6 is 11.3 Å². The minimum atomic E-state index is 0.613. The van der Waals surface area contributed by atoms with Crippen molar-refractivity contribution in [1.82, 2.24) is 15.2 Å². The molecule has 0 spiro atoms. The first-order valence-corrected chi connectivity index (χ1v) is 8.26. The minimum Gasteiger partial charge on any atom is -0.262 e. The van der Waals surface area contributed by atoms with Crippen LogP contribution in [0.5, 0.6) is 0 Å². The first kappa shape index (κ1) is 11.6. The standard InChI is InChI=1S/C15H19N3S/c1-2-5-10(6-3-1)14-16-15(18-17-14)13-9-11-7-4-8-12(11)19-13/h9-10H,1-8H2,(H,16,17,18). The lowest BCUT2D eigenvalue weighted by molar-refractivity contribution is 0.429. The topological polar surface area (TPSA) is 41.6 Å². The fourth-order valence-corrected chi connectivity index (χ4v) is 4.57. The zero-order valence-electron chi connectivity index (χ0n) is 11.1. The van der Waals surface area contributed by atoms with E-state index in [0.717, 1.165) is 11.6 Å². The molecule has 1 N–H and O–H groups in total. The number of nitrogens with one attached hydrogen (secondary N) is 1. The minimum absolute atomic E-state index is 0.613. The van der Waals surface area contributed by atoms with E-state index >= 15 is 0 Å². The molecule has 0 bridgehead atoms. The Morgan fingerprint density at radius 1 is 1.11 bits per heavy atom. The van der Waals surface area contributed by atoms with Crippen molar-refractivity contribution in [3.8, 4) is 10.7 Å². The van der Waals surface area contributed by atoms with E-state index in [-0.39, 0.29) is 0 Å². The van der Waals surface area contributed by atoms with Gasteiger partial charge in [0.25, 0.3) is 0 Å². The van der Waals surface area contributed by atoms with Crippen LogP contribution < -0.4 is 0 Å². The van der Waals surface area contributed by atoms with Crippen LogP contribution in [0.3, 0.4) is 0 Å². The molecule has 2 aromatic rings. The molecule has 4 heteroatoms. The van der Waals surface area contributed by atoms with Gasteiger partial charge in [-0.3, -0.25) is 5.10 Å². The monoisotopic (exact) mass is 273 g/mol. The molecule has 2 aliphatic rings. The van der Waals surface area contributed by atoms with Crippen LogP contribution in [-0.2, 0) is 12.8 Å². The SMILES string of the molecule is c1c(-c2n[nH]c(C3CCCCC3)n2)sc2c1CCC2. The van der Waals surface area contributed by atoms with Gasteiger partial charge in [0.05, 0.1) is 4.88 Å². The van der Waals surface area contributed by atoms with Crippen LogP contribution in [0.2, 0.25) is 0 Å². The predicted octanol–water partition coefficient (Wildman–Crippen LogP) is 4.07. The zero-order chi connectivity index (χ0) is 12.7. The van der Waals surface area contributed by atoms with Crippen molar-refractivity contribution in [2.24, 2.45) is 0 Å². The lowest BCUT2D eigenvalue weighted by atomic mass is 9.89. The van der Waals surface area contributed by atoms with E-state index in [2.05, 4.69) is 16.3 Å². The fraction of sp³-hybridized carbons (Fsp3) is 0.600. The molecule has 0 amide bonds. The average Bonchev–Trinajstić information content (AvgIpc) is 3.14. The lowest BCUT2D eigenvalue weighted by Crippen LogP contribution is -2.06. The van der Waals surface area contributed by atoms with Gasteiger partial charge < -0.3 is 0 Å². The van der Waals surface area contributed by atoms with Crippen LogP contribution in [-0.4, -0.2) is 15.2 Å². The van der Waals surface area contributed by atoms with Gasteiger partial charge in [-0.2, -0.15) is 5.10 Å². The van der Waals surface area contributed by atoms with Crippen LogP contribution in [0.4, 0.5) is 0 Å². The first-order chi connectivity index (χ1) is 9.40. The summed E-state index contributed by atoms with van der Waals surface area (Å²) in [4.78, 5) is 7.57. The molecule has 0 radical (unpaired) electrons. The van der Waals surface area contributed by atoms with E-state index < -0.39 is 0 Å². The summed E-state index contributed by atoms with van der Waals surface area (Å²) in [6, 6.07) is 2.31. The summed E-state index contributed by atoms with van der Waals surface area (Å²) in [6.07, 6.45) is 10.4. The summed E-state index contributed by atoms with van der Waals surface area (Å²) < 4.78 is 0. The Morgan fingerprint density at radius 3 is 2.84 bits per heavy atom. The number of H-pyrrole nitrogens is 1. The number of hydrogen-bond donors (Lipinski definition) is 1. The van der Waals surface area contributed by atoms with E-state index in [1.165, 1.54) is 61.8 Å². The van der Waals surface area contributed by atoms with Crippen molar-refractivity contribution in [2.45, 2.75) is 57.3 Å². The molecular weight excluding hydrogens is 254 g/mol. The van der Waals surface area contributed by atoms with Gasteiger partial charge in [0.15, 0.2) is 5.82 Å². The van der Waals surface area contributed by atoms with Gasteiger partial charge in [-0.15, -0.1) is 11.3 Å². The molecule has 0 unspecified atom stereocenters. The van der Waals surface area contributed by atoms with E-state index in [9.17, 15) is 0 Å². The molecule has 0 atom stereocenters. The highest BCUT2D eigenvalue weighted by atomic mass is 32.1. The summed E-state index contributed by atoms with van der Waals surface area (Å²) in [5.41, 5.74) is 1.53. The Labute approximate surface area is 117 Å². The summed E-state index contributed by atoms with van der Waals surface area (Å²) in [6.45, 7) is 0.